The van der Waals surface area contributed by atoms with Gasteiger partial charge in [0.2, 0.25) is 5.91 Å². The van der Waals surface area contributed by atoms with E-state index in [0.29, 0.717) is 18.7 Å². The van der Waals surface area contributed by atoms with Gasteiger partial charge in [-0.2, -0.15) is 0 Å². The number of imide groups is 1. The maximum absolute atomic E-state index is 12.7. The third-order valence-corrected chi connectivity index (χ3v) is 4.68. The van der Waals surface area contributed by atoms with E-state index in [1.54, 1.807) is 4.90 Å². The smallest absolute Gasteiger partial charge is 0.325 e. The van der Waals surface area contributed by atoms with E-state index in [1.165, 1.54) is 31.2 Å². The molecule has 0 unspecified atom stereocenters. The van der Waals surface area contributed by atoms with Gasteiger partial charge in [0, 0.05) is 25.2 Å². The molecular weight excluding hydrogens is 328 g/mol. The van der Waals surface area contributed by atoms with E-state index in [4.69, 9.17) is 0 Å². The number of rotatable bonds is 4. The number of hydrogen-bond donors (Lipinski definition) is 1. The molecule has 1 N–H and O–H groups in total. The van der Waals surface area contributed by atoms with Crippen LogP contribution in [0.15, 0.2) is 24.3 Å². The Morgan fingerprint density at radius 2 is 1.84 bits per heavy atom. The van der Waals surface area contributed by atoms with Crippen molar-refractivity contribution in [2.45, 2.75) is 25.3 Å². The summed E-state index contributed by atoms with van der Waals surface area (Å²) in [6.45, 7) is 2.51. The molecule has 9 heteroatoms. The maximum atomic E-state index is 12.7. The van der Waals surface area contributed by atoms with Crippen LogP contribution < -0.4 is 5.32 Å². The third-order valence-electron chi connectivity index (χ3n) is 4.68. The number of nitrogens with zero attached hydrogens (tertiary/aromatic N) is 3. The van der Waals surface area contributed by atoms with Crippen molar-refractivity contribution in [1.82, 2.24) is 15.1 Å². The zero-order valence-corrected chi connectivity index (χ0v) is 13.7. The van der Waals surface area contributed by atoms with Crippen LogP contribution in [0.1, 0.15) is 25.3 Å². The topological polar surface area (TPSA) is 113 Å². The highest BCUT2D eigenvalue weighted by Crippen LogP contribution is 2.30. The van der Waals surface area contributed by atoms with Crippen LogP contribution in [0.5, 0.6) is 0 Å². The van der Waals surface area contributed by atoms with Crippen LogP contribution in [0.25, 0.3) is 0 Å². The average molecular weight is 346 g/mol. The van der Waals surface area contributed by atoms with Crippen molar-refractivity contribution in [3.63, 3.8) is 0 Å². The summed E-state index contributed by atoms with van der Waals surface area (Å²) in [5.74, 6) is -0.798. The van der Waals surface area contributed by atoms with Gasteiger partial charge in [0.1, 0.15) is 12.1 Å². The molecule has 0 radical (unpaired) electrons. The van der Waals surface area contributed by atoms with Crippen molar-refractivity contribution in [3.05, 3.63) is 39.9 Å². The van der Waals surface area contributed by atoms with Gasteiger partial charge in [0.15, 0.2) is 0 Å². The Hall–Kier alpha value is -2.97. The van der Waals surface area contributed by atoms with Crippen molar-refractivity contribution < 1.29 is 19.3 Å². The molecule has 3 rings (SSSR count). The monoisotopic (exact) mass is 346 g/mol. The minimum Gasteiger partial charge on any atom is -0.341 e. The number of carbonyl (C=O) groups is 3. The molecule has 2 aliphatic rings. The largest absolute Gasteiger partial charge is 0.341 e. The number of nitro groups is 1. The van der Waals surface area contributed by atoms with Gasteiger partial charge in [-0.25, -0.2) is 4.79 Å². The number of nitrogens with one attached hydrogen (secondary N) is 1. The molecule has 0 aliphatic carbocycles. The van der Waals surface area contributed by atoms with Crippen molar-refractivity contribution in [2.75, 3.05) is 19.6 Å². The van der Waals surface area contributed by atoms with Crippen LogP contribution in [-0.4, -0.2) is 52.2 Å². The Balaban J connectivity index is 1.79. The van der Waals surface area contributed by atoms with Gasteiger partial charge in [-0.15, -0.1) is 0 Å². The molecule has 0 spiro atoms. The van der Waals surface area contributed by atoms with Crippen molar-refractivity contribution in [2.24, 2.45) is 0 Å². The van der Waals surface area contributed by atoms with Gasteiger partial charge in [-0.05, 0) is 37.5 Å². The minimum absolute atomic E-state index is 0.106. The fourth-order valence-electron chi connectivity index (χ4n) is 3.15. The number of hydrogen-bond acceptors (Lipinski definition) is 5. The quantitative estimate of drug-likeness (QED) is 0.496. The molecule has 0 bridgehead atoms. The van der Waals surface area contributed by atoms with Crippen molar-refractivity contribution in [1.29, 1.82) is 0 Å². The number of non-ortho nitro benzene ring substituents is 1. The second kappa shape index (κ2) is 6.15. The number of urea groups is 1. The Kier molecular flexibility index (Phi) is 4.15. The molecule has 2 saturated heterocycles. The summed E-state index contributed by atoms with van der Waals surface area (Å²) in [4.78, 5) is 49.9. The lowest BCUT2D eigenvalue weighted by Gasteiger charge is -2.23. The zero-order chi connectivity index (χ0) is 18.2. The molecule has 0 aromatic heterocycles. The molecule has 2 aliphatic heterocycles. The normalized spacial score (nSPS) is 23.1. The van der Waals surface area contributed by atoms with Crippen molar-refractivity contribution in [3.8, 4) is 0 Å². The molecule has 4 amide bonds. The van der Waals surface area contributed by atoms with Crippen LogP contribution in [0.3, 0.4) is 0 Å². The van der Waals surface area contributed by atoms with Crippen LogP contribution in [0, 0.1) is 10.1 Å². The maximum Gasteiger partial charge on any atom is 0.325 e. The average Bonchev–Trinajstić information content (AvgIpc) is 3.19. The van der Waals surface area contributed by atoms with Gasteiger partial charge in [-0.3, -0.25) is 24.6 Å². The van der Waals surface area contributed by atoms with Crippen LogP contribution in [-0.2, 0) is 15.1 Å². The SMILES string of the molecule is C[C@@]1(c2ccc([N+](=O)[O-])cc2)NC(=O)N(CC(=O)N2CCCC2)C1=O. The van der Waals surface area contributed by atoms with Crippen LogP contribution >= 0.6 is 0 Å². The van der Waals surface area contributed by atoms with Gasteiger partial charge in [0.25, 0.3) is 11.6 Å². The molecule has 1 atom stereocenters. The molecule has 1 aromatic rings. The Morgan fingerprint density at radius 1 is 1.24 bits per heavy atom. The predicted molar refractivity (Wildman–Crippen MR) is 86.5 cm³/mol. The molecule has 132 valence electrons. The molecule has 2 heterocycles. The zero-order valence-electron chi connectivity index (χ0n) is 13.7. The lowest BCUT2D eigenvalue weighted by Crippen LogP contribution is -2.43. The van der Waals surface area contributed by atoms with Gasteiger partial charge in [0.05, 0.1) is 4.92 Å². The first-order valence-electron chi connectivity index (χ1n) is 8.00. The van der Waals surface area contributed by atoms with Gasteiger partial charge >= 0.3 is 6.03 Å². The standard InChI is InChI=1S/C16H18N4O5/c1-16(11-4-6-12(7-5-11)20(24)25)14(22)19(15(23)17-16)10-13(21)18-8-2-3-9-18/h4-7H,2-3,8-10H2,1H3,(H,17,23)/t16-/m0/s1. The first kappa shape index (κ1) is 16.9. The predicted octanol–water partition coefficient (Wildman–Crippen LogP) is 0.984. The number of nitro benzene ring substituents is 1. The second-order valence-electron chi connectivity index (χ2n) is 6.34. The molecule has 9 nitrogen and oxygen atoms in total. The summed E-state index contributed by atoms with van der Waals surface area (Å²) in [5.41, 5.74) is -1.03. The van der Waals surface area contributed by atoms with E-state index in [9.17, 15) is 24.5 Å². The first-order valence-corrected chi connectivity index (χ1v) is 8.00. The molecular formula is C16H18N4O5. The molecule has 0 saturated carbocycles. The Labute approximate surface area is 143 Å². The van der Waals surface area contributed by atoms with Crippen molar-refractivity contribution >= 4 is 23.5 Å². The number of amides is 4. The summed E-state index contributed by atoms with van der Waals surface area (Å²) in [6.07, 6.45) is 1.85. The second-order valence-corrected chi connectivity index (χ2v) is 6.34. The van der Waals surface area contributed by atoms with E-state index < -0.39 is 22.4 Å². The number of likely N-dealkylation sites (tertiary alicyclic amines) is 1. The Morgan fingerprint density at radius 3 is 2.40 bits per heavy atom. The highest BCUT2D eigenvalue weighted by molar-refractivity contribution is 6.09. The summed E-state index contributed by atoms with van der Waals surface area (Å²) < 4.78 is 0. The van der Waals surface area contributed by atoms with E-state index in [-0.39, 0.29) is 18.1 Å². The van der Waals surface area contributed by atoms with Crippen LogP contribution in [0.2, 0.25) is 0 Å². The van der Waals surface area contributed by atoms with Crippen LogP contribution in [0.4, 0.5) is 10.5 Å². The summed E-state index contributed by atoms with van der Waals surface area (Å²) in [6, 6.07) is 4.78. The summed E-state index contributed by atoms with van der Waals surface area (Å²) in [7, 11) is 0. The molecule has 25 heavy (non-hydrogen) atoms. The molecule has 2 fully saturated rings. The summed E-state index contributed by atoms with van der Waals surface area (Å²) in [5, 5.41) is 13.3. The fourth-order valence-corrected chi connectivity index (χ4v) is 3.15. The third kappa shape index (κ3) is 2.92. The van der Waals surface area contributed by atoms with E-state index in [1.807, 2.05) is 0 Å². The lowest BCUT2D eigenvalue weighted by atomic mass is 9.92. The number of carbonyl (C=O) groups excluding carboxylic acids is 3. The minimum atomic E-state index is -1.35. The Bertz CT molecular complexity index is 741. The first-order chi connectivity index (χ1) is 11.8. The highest BCUT2D eigenvalue weighted by Gasteiger charge is 2.49. The van der Waals surface area contributed by atoms with E-state index >= 15 is 0 Å². The lowest BCUT2D eigenvalue weighted by molar-refractivity contribution is -0.384. The fraction of sp³-hybridized carbons (Fsp3) is 0.438. The van der Waals surface area contributed by atoms with Gasteiger partial charge < -0.3 is 10.2 Å². The summed E-state index contributed by atoms with van der Waals surface area (Å²) >= 11 is 0. The highest BCUT2D eigenvalue weighted by atomic mass is 16.6. The van der Waals surface area contributed by atoms with E-state index in [0.717, 1.165) is 17.7 Å². The van der Waals surface area contributed by atoms with Gasteiger partial charge in [-0.1, -0.05) is 0 Å². The van der Waals surface area contributed by atoms with E-state index in [2.05, 4.69) is 5.32 Å². The number of benzene rings is 1. The molecule has 1 aromatic carbocycles.